The normalized spacial score (nSPS) is 8.85. The molecule has 0 spiro atoms. The minimum absolute atomic E-state index is 0.960. The molecule has 0 saturated carbocycles. The first kappa shape index (κ1) is 12.0. The van der Waals surface area contributed by atoms with Crippen LogP contribution in [0.25, 0.3) is 0 Å². The molecule has 74 valence electrons. The molecule has 0 aliphatic rings. The molecule has 1 N–H and O–H groups in total. The number of likely N-dealkylation sites (N-methyl/N-ethyl adjacent to an activating group) is 1. The molecule has 1 rings (SSSR count). The van der Waals surface area contributed by atoms with E-state index in [1.54, 1.807) is 18.6 Å². The van der Waals surface area contributed by atoms with Gasteiger partial charge in [-0.1, -0.05) is 20.8 Å². The summed E-state index contributed by atoms with van der Waals surface area (Å²) >= 11 is 0. The van der Waals surface area contributed by atoms with Crippen LogP contribution in [0, 0.1) is 0 Å². The molecule has 0 aliphatic heterocycles. The maximum absolute atomic E-state index is 4.15. The Labute approximate surface area is 80.6 Å². The first-order valence-corrected chi connectivity index (χ1v) is 4.89. The molecule has 0 atom stereocenters. The highest BCUT2D eigenvalue weighted by molar-refractivity contribution is 4.94. The number of nitrogens with zero attached hydrogens (tertiary/aromatic N) is 2. The number of nitrogens with one attached hydrogen (secondary N) is 1. The van der Waals surface area contributed by atoms with Gasteiger partial charge in [0, 0.05) is 31.6 Å². The van der Waals surface area contributed by atoms with Crippen LogP contribution in [0.15, 0.2) is 18.6 Å². The second-order valence-corrected chi connectivity index (χ2v) is 2.30. The molecule has 0 saturated heterocycles. The van der Waals surface area contributed by atoms with Gasteiger partial charge in [-0.15, -0.1) is 0 Å². The molecule has 3 heteroatoms. The predicted octanol–water partition coefficient (Wildman–Crippen LogP) is 1.65. The Morgan fingerprint density at radius 1 is 1.31 bits per heavy atom. The van der Waals surface area contributed by atoms with Gasteiger partial charge in [-0.2, -0.15) is 0 Å². The van der Waals surface area contributed by atoms with Crippen LogP contribution in [0.5, 0.6) is 0 Å². The average Bonchev–Trinajstić information content (AvgIpc) is 2.23. The quantitative estimate of drug-likeness (QED) is 0.718. The largest absolute Gasteiger partial charge is 0.317 e. The highest BCUT2D eigenvalue weighted by Gasteiger charge is 1.90. The van der Waals surface area contributed by atoms with Crippen molar-refractivity contribution in [3.63, 3.8) is 0 Å². The lowest BCUT2D eigenvalue weighted by atomic mass is 10.3. The molecule has 1 aromatic rings. The van der Waals surface area contributed by atoms with Crippen LogP contribution in [0.3, 0.4) is 0 Å². The number of hydrogen-bond acceptors (Lipinski definition) is 3. The van der Waals surface area contributed by atoms with Gasteiger partial charge in [-0.05, 0) is 6.54 Å². The number of aromatic nitrogens is 2. The third kappa shape index (κ3) is 6.22. The van der Waals surface area contributed by atoms with E-state index in [1.165, 1.54) is 0 Å². The standard InChI is InChI=1S/C8H13N3.C2H6/c1-2-9-4-3-8-7-10-5-6-11-8;1-2/h5-7,9H,2-4H2,1H3;1-2H3. The van der Waals surface area contributed by atoms with Crippen molar-refractivity contribution in [2.24, 2.45) is 0 Å². The van der Waals surface area contributed by atoms with Crippen LogP contribution in [-0.2, 0) is 6.42 Å². The molecule has 0 amide bonds. The molecule has 0 radical (unpaired) electrons. The van der Waals surface area contributed by atoms with Crippen LogP contribution in [0.1, 0.15) is 26.5 Å². The zero-order chi connectivity index (χ0) is 9.94. The van der Waals surface area contributed by atoms with Crippen LogP contribution in [0.4, 0.5) is 0 Å². The third-order valence-corrected chi connectivity index (χ3v) is 1.42. The molecule has 0 bridgehead atoms. The van der Waals surface area contributed by atoms with Crippen LogP contribution >= 0.6 is 0 Å². The Balaban J connectivity index is 0.000000671. The summed E-state index contributed by atoms with van der Waals surface area (Å²) in [6.45, 7) is 8.09. The molecule has 3 nitrogen and oxygen atoms in total. The van der Waals surface area contributed by atoms with E-state index >= 15 is 0 Å². The van der Waals surface area contributed by atoms with Gasteiger partial charge in [0.15, 0.2) is 0 Å². The summed E-state index contributed by atoms with van der Waals surface area (Å²) in [6.07, 6.45) is 6.18. The van der Waals surface area contributed by atoms with Gasteiger partial charge in [0.1, 0.15) is 0 Å². The number of hydrogen-bond donors (Lipinski definition) is 1. The second-order valence-electron chi connectivity index (χ2n) is 2.30. The zero-order valence-electron chi connectivity index (χ0n) is 8.75. The molecule has 1 heterocycles. The summed E-state index contributed by atoms with van der Waals surface area (Å²) in [7, 11) is 0. The summed E-state index contributed by atoms with van der Waals surface area (Å²) in [4.78, 5) is 8.12. The lowest BCUT2D eigenvalue weighted by molar-refractivity contribution is 0.706. The minimum atomic E-state index is 0.960. The molecule has 1 aromatic heterocycles. The fourth-order valence-electron chi connectivity index (χ4n) is 0.852. The smallest absolute Gasteiger partial charge is 0.0599 e. The van der Waals surface area contributed by atoms with Gasteiger partial charge in [-0.25, -0.2) is 0 Å². The predicted molar refractivity (Wildman–Crippen MR) is 55.6 cm³/mol. The van der Waals surface area contributed by atoms with Gasteiger partial charge >= 0.3 is 0 Å². The van der Waals surface area contributed by atoms with E-state index in [9.17, 15) is 0 Å². The van der Waals surface area contributed by atoms with E-state index in [0.29, 0.717) is 0 Å². The molecular formula is C10H19N3. The van der Waals surface area contributed by atoms with Crippen molar-refractivity contribution < 1.29 is 0 Å². The summed E-state index contributed by atoms with van der Waals surface area (Å²) in [5, 5.41) is 3.23. The van der Waals surface area contributed by atoms with Crippen molar-refractivity contribution in [3.8, 4) is 0 Å². The van der Waals surface area contributed by atoms with Crippen molar-refractivity contribution in [1.82, 2.24) is 15.3 Å². The third-order valence-electron chi connectivity index (χ3n) is 1.42. The van der Waals surface area contributed by atoms with Gasteiger partial charge < -0.3 is 5.32 Å². The van der Waals surface area contributed by atoms with E-state index in [4.69, 9.17) is 0 Å². The van der Waals surface area contributed by atoms with Crippen LogP contribution in [0.2, 0.25) is 0 Å². The van der Waals surface area contributed by atoms with Crippen molar-refractivity contribution in [2.75, 3.05) is 13.1 Å². The summed E-state index contributed by atoms with van der Waals surface area (Å²) in [5.41, 5.74) is 1.05. The van der Waals surface area contributed by atoms with Gasteiger partial charge in [0.05, 0.1) is 5.69 Å². The van der Waals surface area contributed by atoms with E-state index in [-0.39, 0.29) is 0 Å². The lowest BCUT2D eigenvalue weighted by Crippen LogP contribution is -2.16. The fourth-order valence-corrected chi connectivity index (χ4v) is 0.852. The first-order valence-electron chi connectivity index (χ1n) is 4.89. The van der Waals surface area contributed by atoms with Gasteiger partial charge in [-0.3, -0.25) is 9.97 Å². The van der Waals surface area contributed by atoms with Gasteiger partial charge in [0.2, 0.25) is 0 Å². The Bertz CT molecular complexity index is 187. The molecule has 13 heavy (non-hydrogen) atoms. The maximum atomic E-state index is 4.15. The van der Waals surface area contributed by atoms with Crippen molar-refractivity contribution >= 4 is 0 Å². The van der Waals surface area contributed by atoms with Crippen molar-refractivity contribution in [3.05, 3.63) is 24.3 Å². The Kier molecular flexibility index (Phi) is 8.46. The monoisotopic (exact) mass is 181 g/mol. The highest BCUT2D eigenvalue weighted by Crippen LogP contribution is 1.89. The zero-order valence-corrected chi connectivity index (χ0v) is 8.75. The Hall–Kier alpha value is -0.960. The average molecular weight is 181 g/mol. The summed E-state index contributed by atoms with van der Waals surface area (Å²) in [6, 6.07) is 0. The summed E-state index contributed by atoms with van der Waals surface area (Å²) in [5.74, 6) is 0. The lowest BCUT2D eigenvalue weighted by Gasteiger charge is -1.99. The van der Waals surface area contributed by atoms with E-state index < -0.39 is 0 Å². The minimum Gasteiger partial charge on any atom is -0.317 e. The Morgan fingerprint density at radius 2 is 2.08 bits per heavy atom. The topological polar surface area (TPSA) is 37.8 Å². The molecule has 0 aliphatic carbocycles. The maximum Gasteiger partial charge on any atom is 0.0599 e. The van der Waals surface area contributed by atoms with E-state index in [0.717, 1.165) is 25.2 Å². The number of rotatable bonds is 4. The van der Waals surface area contributed by atoms with Crippen LogP contribution < -0.4 is 5.32 Å². The molecular weight excluding hydrogens is 162 g/mol. The summed E-state index contributed by atoms with van der Waals surface area (Å²) < 4.78 is 0. The van der Waals surface area contributed by atoms with E-state index in [1.807, 2.05) is 13.8 Å². The molecule has 0 unspecified atom stereocenters. The highest BCUT2D eigenvalue weighted by atomic mass is 14.8. The van der Waals surface area contributed by atoms with E-state index in [2.05, 4.69) is 22.2 Å². The SMILES string of the molecule is CC.CCNCCc1cnccn1. The van der Waals surface area contributed by atoms with Crippen molar-refractivity contribution in [2.45, 2.75) is 27.2 Å². The molecule has 0 fully saturated rings. The second kappa shape index (κ2) is 9.13. The molecule has 0 aromatic carbocycles. The fraction of sp³-hybridized carbons (Fsp3) is 0.600. The van der Waals surface area contributed by atoms with Gasteiger partial charge in [0.25, 0.3) is 0 Å². The Morgan fingerprint density at radius 3 is 2.62 bits per heavy atom. The first-order chi connectivity index (χ1) is 6.43. The van der Waals surface area contributed by atoms with Crippen LogP contribution in [-0.4, -0.2) is 23.1 Å². The van der Waals surface area contributed by atoms with Crippen molar-refractivity contribution in [1.29, 1.82) is 0 Å².